The molecular formula is C23H39N4O5P. The largest absolute Gasteiger partial charge is 0.456 e. The van der Waals surface area contributed by atoms with E-state index in [4.69, 9.17) is 26.9 Å². The summed E-state index contributed by atoms with van der Waals surface area (Å²) in [4.78, 5) is 32.9. The Balaban J connectivity index is 2.39. The Morgan fingerprint density at radius 3 is 2.27 bits per heavy atom. The number of esters is 1. The fraction of sp³-hybridized carbons (Fsp3) is 0.826. The molecule has 0 aromatic heterocycles. The van der Waals surface area contributed by atoms with Crippen LogP contribution in [0.3, 0.4) is 0 Å². The Labute approximate surface area is 200 Å². The van der Waals surface area contributed by atoms with Crippen molar-refractivity contribution in [3.8, 4) is 0 Å². The first kappa shape index (κ1) is 29.3. The fourth-order valence-electron chi connectivity index (χ4n) is 3.75. The highest BCUT2D eigenvalue weighted by Crippen LogP contribution is 2.45. The topological polar surface area (TPSA) is 77.0 Å². The van der Waals surface area contributed by atoms with Crippen molar-refractivity contribution in [1.82, 2.24) is 9.57 Å². The summed E-state index contributed by atoms with van der Waals surface area (Å²) in [5.74, 6) is -0.416. The van der Waals surface area contributed by atoms with Gasteiger partial charge >= 0.3 is 5.97 Å². The maximum atomic E-state index is 12.6. The Morgan fingerprint density at radius 1 is 1.00 bits per heavy atom. The summed E-state index contributed by atoms with van der Waals surface area (Å²) >= 11 is 0. The van der Waals surface area contributed by atoms with Gasteiger partial charge in [-0.3, -0.25) is 4.79 Å². The van der Waals surface area contributed by atoms with E-state index in [1.165, 1.54) is 0 Å². The van der Waals surface area contributed by atoms with Gasteiger partial charge in [0.1, 0.15) is 12.6 Å². The van der Waals surface area contributed by atoms with Crippen LogP contribution in [0.4, 0.5) is 0 Å². The lowest BCUT2D eigenvalue weighted by atomic mass is 10.1. The number of likely N-dealkylation sites (tertiary alicyclic amines) is 1. The summed E-state index contributed by atoms with van der Waals surface area (Å²) < 4.78 is 19.3. The van der Waals surface area contributed by atoms with E-state index in [9.17, 15) is 9.59 Å². The third-order valence-corrected chi connectivity index (χ3v) is 7.29. The van der Waals surface area contributed by atoms with Gasteiger partial charge in [-0.15, -0.1) is 0 Å². The summed E-state index contributed by atoms with van der Waals surface area (Å²) in [6.07, 6.45) is 4.19. The Hall–Kier alpha value is -1.77. The van der Waals surface area contributed by atoms with Crippen LogP contribution < -0.4 is 0 Å². The molecule has 1 aliphatic heterocycles. The van der Waals surface area contributed by atoms with Crippen LogP contribution in [0.15, 0.2) is 0 Å². The van der Waals surface area contributed by atoms with Gasteiger partial charge < -0.3 is 28.4 Å². The van der Waals surface area contributed by atoms with Crippen molar-refractivity contribution in [3.63, 3.8) is 0 Å². The molecule has 0 spiro atoms. The molecule has 2 atom stereocenters. The van der Waals surface area contributed by atoms with Crippen LogP contribution in [0, 0.1) is 13.1 Å². The minimum Gasteiger partial charge on any atom is -0.456 e. The van der Waals surface area contributed by atoms with E-state index in [1.807, 2.05) is 0 Å². The molecule has 0 aromatic carbocycles. The van der Waals surface area contributed by atoms with Crippen LogP contribution in [-0.2, 0) is 23.4 Å². The minimum absolute atomic E-state index is 0.0175. The highest BCUT2D eigenvalue weighted by Gasteiger charge is 2.35. The summed E-state index contributed by atoms with van der Waals surface area (Å²) in [5, 5.41) is 0. The molecular weight excluding hydrogens is 443 g/mol. The number of amides is 1. The smallest absolute Gasteiger partial charge is 0.329 e. The molecule has 1 fully saturated rings. The van der Waals surface area contributed by atoms with Gasteiger partial charge in [0.25, 0.3) is 8.53 Å². The van der Waals surface area contributed by atoms with Crippen molar-refractivity contribution in [3.05, 3.63) is 22.8 Å². The third-order valence-electron chi connectivity index (χ3n) is 5.18. The SMILES string of the molecule is [C-]#[N+]CCOC(=O)[C@@H]1CCCN1C(=O)CCCCCOP(OCC[N+]#[C-])N(C(C)C)C(C)C. The summed E-state index contributed by atoms with van der Waals surface area (Å²) in [6, 6.07) is 0.0204. The van der Waals surface area contributed by atoms with Crippen molar-refractivity contribution in [2.75, 3.05) is 39.5 Å². The van der Waals surface area contributed by atoms with E-state index in [-0.39, 0.29) is 31.1 Å². The average Bonchev–Trinajstić information content (AvgIpc) is 3.25. The quantitative estimate of drug-likeness (QED) is 0.141. The van der Waals surface area contributed by atoms with Gasteiger partial charge in [-0.1, -0.05) is 6.42 Å². The zero-order valence-corrected chi connectivity index (χ0v) is 21.4. The van der Waals surface area contributed by atoms with Crippen molar-refractivity contribution in [2.24, 2.45) is 0 Å². The standard InChI is InChI=1S/C23H39N4O5P/c1-19(2)27(20(3)4)33(32-18-14-25-6)31-16-9-7-8-12-22(28)26-15-10-11-21(26)23(29)30-17-13-24-5/h19-21H,7-18H2,1-4H3/t21-,33?/m0/s1. The van der Waals surface area contributed by atoms with Gasteiger partial charge in [-0.05, 0) is 53.4 Å². The van der Waals surface area contributed by atoms with E-state index < -0.39 is 20.5 Å². The van der Waals surface area contributed by atoms with E-state index in [1.54, 1.807) is 4.90 Å². The molecule has 1 rings (SSSR count). The molecule has 1 saturated heterocycles. The molecule has 9 nitrogen and oxygen atoms in total. The predicted octanol–water partition coefficient (Wildman–Crippen LogP) is 4.30. The number of carbonyl (C=O) groups excluding carboxylic acids is 2. The van der Waals surface area contributed by atoms with Gasteiger partial charge in [-0.25, -0.2) is 22.6 Å². The lowest BCUT2D eigenvalue weighted by molar-refractivity contribution is -0.153. The number of nitrogens with zero attached hydrogens (tertiary/aromatic N) is 4. The molecule has 33 heavy (non-hydrogen) atoms. The van der Waals surface area contributed by atoms with Crippen LogP contribution in [0.2, 0.25) is 0 Å². The Kier molecular flexibility index (Phi) is 14.9. The molecule has 1 aliphatic rings. The predicted molar refractivity (Wildman–Crippen MR) is 128 cm³/mol. The highest BCUT2D eigenvalue weighted by molar-refractivity contribution is 7.44. The molecule has 0 saturated carbocycles. The minimum atomic E-state index is -1.23. The van der Waals surface area contributed by atoms with E-state index in [0.717, 1.165) is 25.7 Å². The van der Waals surface area contributed by atoms with Crippen LogP contribution >= 0.6 is 8.53 Å². The number of hydrogen-bond donors (Lipinski definition) is 0. The molecule has 0 aliphatic carbocycles. The Bertz CT molecular complexity index is 669. The molecule has 1 unspecified atom stereocenters. The molecule has 186 valence electrons. The van der Waals surface area contributed by atoms with Crippen LogP contribution in [0.1, 0.15) is 66.2 Å². The first-order valence-electron chi connectivity index (χ1n) is 11.8. The summed E-state index contributed by atoms with van der Waals surface area (Å²) in [7, 11) is -1.23. The summed E-state index contributed by atoms with van der Waals surface area (Å²) in [5.41, 5.74) is 0. The molecule has 1 amide bonds. The lowest BCUT2D eigenvalue weighted by Gasteiger charge is -2.35. The fourth-order valence-corrected chi connectivity index (χ4v) is 5.37. The molecule has 0 radical (unpaired) electrons. The summed E-state index contributed by atoms with van der Waals surface area (Å²) in [6.45, 7) is 24.1. The van der Waals surface area contributed by atoms with E-state index in [0.29, 0.717) is 39.1 Å². The average molecular weight is 483 g/mol. The first-order valence-corrected chi connectivity index (χ1v) is 12.9. The zero-order chi connectivity index (χ0) is 24.6. The van der Waals surface area contributed by atoms with Crippen LogP contribution in [-0.4, -0.2) is 79.0 Å². The Morgan fingerprint density at radius 2 is 1.64 bits per heavy atom. The van der Waals surface area contributed by atoms with Gasteiger partial charge in [0.05, 0.1) is 6.61 Å². The molecule has 1 heterocycles. The number of unbranched alkanes of at least 4 members (excludes halogenated alkanes) is 2. The van der Waals surface area contributed by atoms with Crippen molar-refractivity contribution >= 4 is 20.4 Å². The molecule has 10 heteroatoms. The number of rotatable bonds is 16. The lowest BCUT2D eigenvalue weighted by Crippen LogP contribution is -2.41. The monoisotopic (exact) mass is 482 g/mol. The van der Waals surface area contributed by atoms with Crippen molar-refractivity contribution < 1.29 is 23.4 Å². The number of ether oxygens (including phenoxy) is 1. The van der Waals surface area contributed by atoms with E-state index in [2.05, 4.69) is 42.1 Å². The second-order valence-electron chi connectivity index (χ2n) is 8.46. The number of carbonyl (C=O) groups is 2. The van der Waals surface area contributed by atoms with Gasteiger partial charge in [0.15, 0.2) is 6.61 Å². The second-order valence-corrected chi connectivity index (χ2v) is 9.91. The third kappa shape index (κ3) is 10.8. The van der Waals surface area contributed by atoms with Gasteiger partial charge in [-0.2, -0.15) is 0 Å². The van der Waals surface area contributed by atoms with E-state index >= 15 is 0 Å². The van der Waals surface area contributed by atoms with Crippen molar-refractivity contribution in [1.29, 1.82) is 0 Å². The van der Waals surface area contributed by atoms with Crippen molar-refractivity contribution in [2.45, 2.75) is 84.3 Å². The normalized spacial score (nSPS) is 16.8. The zero-order valence-electron chi connectivity index (χ0n) is 20.5. The molecule has 0 N–H and O–H groups in total. The second kappa shape index (κ2) is 16.8. The maximum Gasteiger partial charge on any atom is 0.329 e. The highest BCUT2D eigenvalue weighted by atomic mass is 31.2. The van der Waals surface area contributed by atoms with Crippen LogP contribution in [0.25, 0.3) is 9.69 Å². The van der Waals surface area contributed by atoms with Gasteiger partial charge in [0.2, 0.25) is 19.0 Å². The van der Waals surface area contributed by atoms with Crippen LogP contribution in [0.5, 0.6) is 0 Å². The molecule has 0 aromatic rings. The first-order chi connectivity index (χ1) is 15.8. The van der Waals surface area contributed by atoms with Gasteiger partial charge in [0, 0.05) is 25.0 Å². The maximum absolute atomic E-state index is 12.6. The molecule has 0 bridgehead atoms. The number of hydrogen-bond acceptors (Lipinski definition) is 6.